The Hall–Kier alpha value is -2.66. The van der Waals surface area contributed by atoms with E-state index in [4.69, 9.17) is 4.74 Å². The number of carbonyl (C=O) groups excluding carboxylic acids is 2. The third-order valence-electron chi connectivity index (χ3n) is 4.34. The first-order valence-electron chi connectivity index (χ1n) is 8.45. The van der Waals surface area contributed by atoms with E-state index in [0.717, 1.165) is 17.7 Å². The highest BCUT2D eigenvalue weighted by molar-refractivity contribution is 6.11. The van der Waals surface area contributed by atoms with Crippen LogP contribution in [0.5, 0.6) is 0 Å². The minimum atomic E-state index is -0.521. The van der Waals surface area contributed by atoms with Crippen molar-refractivity contribution in [3.05, 3.63) is 65.7 Å². The van der Waals surface area contributed by atoms with E-state index >= 15 is 0 Å². The number of ether oxygens (including phenoxy) is 1. The summed E-state index contributed by atoms with van der Waals surface area (Å²) in [7, 11) is 1.63. The normalized spacial score (nSPS) is 15.7. The maximum absolute atomic E-state index is 13.0. The number of para-hydroxylation sites is 1. The van der Waals surface area contributed by atoms with Gasteiger partial charge in [-0.2, -0.15) is 0 Å². The lowest BCUT2D eigenvalue weighted by Gasteiger charge is -2.25. The number of nitrogens with one attached hydrogen (secondary N) is 1. The lowest BCUT2D eigenvalue weighted by molar-refractivity contribution is -0.122. The van der Waals surface area contributed by atoms with Crippen LogP contribution in [0.4, 0.5) is 5.69 Å². The average molecular weight is 338 g/mol. The number of rotatable bonds is 6. The van der Waals surface area contributed by atoms with Gasteiger partial charge in [0.15, 0.2) is 0 Å². The van der Waals surface area contributed by atoms with Gasteiger partial charge in [0.2, 0.25) is 5.91 Å². The highest BCUT2D eigenvalue weighted by atomic mass is 16.5. The van der Waals surface area contributed by atoms with E-state index in [1.165, 1.54) is 0 Å². The molecule has 1 heterocycles. The zero-order chi connectivity index (χ0) is 17.6. The molecule has 130 valence electrons. The van der Waals surface area contributed by atoms with Crippen molar-refractivity contribution < 1.29 is 14.3 Å². The zero-order valence-corrected chi connectivity index (χ0v) is 14.3. The molecule has 0 saturated heterocycles. The number of fused-ring (bicyclic) bond motifs is 1. The molecule has 1 aliphatic rings. The van der Waals surface area contributed by atoms with Crippen LogP contribution in [-0.4, -0.2) is 38.1 Å². The van der Waals surface area contributed by atoms with Gasteiger partial charge in [-0.05, 0) is 30.2 Å². The number of hydrogen-bond donors (Lipinski definition) is 1. The fourth-order valence-electron chi connectivity index (χ4n) is 3.11. The van der Waals surface area contributed by atoms with E-state index < -0.39 is 6.04 Å². The van der Waals surface area contributed by atoms with Gasteiger partial charge >= 0.3 is 0 Å². The van der Waals surface area contributed by atoms with Gasteiger partial charge in [0.25, 0.3) is 5.91 Å². The van der Waals surface area contributed by atoms with E-state index in [-0.39, 0.29) is 11.8 Å². The van der Waals surface area contributed by atoms with Crippen molar-refractivity contribution in [1.82, 2.24) is 5.32 Å². The molecular formula is C20H22N2O3. The number of carbonyl (C=O) groups is 2. The molecule has 0 unspecified atom stereocenters. The third-order valence-corrected chi connectivity index (χ3v) is 4.34. The summed E-state index contributed by atoms with van der Waals surface area (Å²) >= 11 is 0. The quantitative estimate of drug-likeness (QED) is 0.823. The third kappa shape index (κ3) is 3.72. The van der Waals surface area contributed by atoms with Crippen molar-refractivity contribution in [1.29, 1.82) is 0 Å². The summed E-state index contributed by atoms with van der Waals surface area (Å²) in [4.78, 5) is 27.3. The Balaban J connectivity index is 1.82. The van der Waals surface area contributed by atoms with Crippen LogP contribution < -0.4 is 10.2 Å². The predicted octanol–water partition coefficient (Wildman–Crippen LogP) is 2.41. The van der Waals surface area contributed by atoms with Crippen molar-refractivity contribution >= 4 is 17.5 Å². The van der Waals surface area contributed by atoms with Crippen LogP contribution in [0.3, 0.4) is 0 Å². The molecule has 1 atom stereocenters. The summed E-state index contributed by atoms with van der Waals surface area (Å²) in [5.41, 5.74) is 2.41. The van der Waals surface area contributed by atoms with Gasteiger partial charge < -0.3 is 10.1 Å². The molecule has 0 spiro atoms. The van der Waals surface area contributed by atoms with Crippen LogP contribution in [0.2, 0.25) is 0 Å². The average Bonchev–Trinajstić information content (AvgIpc) is 3.05. The molecule has 5 heteroatoms. The topological polar surface area (TPSA) is 58.6 Å². The summed E-state index contributed by atoms with van der Waals surface area (Å²) in [6.45, 7) is 1.13. The van der Waals surface area contributed by atoms with E-state index in [9.17, 15) is 9.59 Å². The summed E-state index contributed by atoms with van der Waals surface area (Å²) < 4.78 is 5.00. The first-order valence-corrected chi connectivity index (χ1v) is 8.45. The Morgan fingerprint density at radius 3 is 2.60 bits per heavy atom. The Morgan fingerprint density at radius 2 is 1.84 bits per heavy atom. The fraction of sp³-hybridized carbons (Fsp3) is 0.300. The van der Waals surface area contributed by atoms with E-state index in [2.05, 4.69) is 5.32 Å². The number of methoxy groups -OCH3 is 1. The molecule has 2 aromatic rings. The van der Waals surface area contributed by atoms with Crippen molar-refractivity contribution in [3.63, 3.8) is 0 Å². The van der Waals surface area contributed by atoms with Crippen LogP contribution >= 0.6 is 0 Å². The zero-order valence-electron chi connectivity index (χ0n) is 14.3. The largest absolute Gasteiger partial charge is 0.385 e. The number of nitrogens with zero attached hydrogens (tertiary/aromatic N) is 1. The molecule has 1 N–H and O–H groups in total. The van der Waals surface area contributed by atoms with Crippen LogP contribution in [-0.2, 0) is 16.0 Å². The van der Waals surface area contributed by atoms with Gasteiger partial charge in [-0.25, -0.2) is 0 Å². The maximum Gasteiger partial charge on any atom is 0.259 e. The highest BCUT2D eigenvalue weighted by Crippen LogP contribution is 2.33. The second kappa shape index (κ2) is 7.94. The Bertz CT molecular complexity index is 746. The molecule has 0 bridgehead atoms. The lowest BCUT2D eigenvalue weighted by Crippen LogP contribution is -2.48. The van der Waals surface area contributed by atoms with Crippen LogP contribution in [0, 0.1) is 0 Å². The van der Waals surface area contributed by atoms with Gasteiger partial charge in [0.1, 0.15) is 6.04 Å². The first-order chi connectivity index (χ1) is 12.2. The number of hydrogen-bond acceptors (Lipinski definition) is 3. The molecule has 3 rings (SSSR count). The van der Waals surface area contributed by atoms with Gasteiger partial charge in [-0.1, -0.05) is 36.4 Å². The molecule has 0 radical (unpaired) electrons. The Labute approximate surface area is 147 Å². The monoisotopic (exact) mass is 338 g/mol. The van der Waals surface area contributed by atoms with Gasteiger partial charge in [-0.3, -0.25) is 14.5 Å². The fourth-order valence-corrected chi connectivity index (χ4v) is 3.11. The van der Waals surface area contributed by atoms with Crippen LogP contribution in [0.15, 0.2) is 54.6 Å². The smallest absolute Gasteiger partial charge is 0.259 e. The van der Waals surface area contributed by atoms with Crippen molar-refractivity contribution in [2.24, 2.45) is 0 Å². The number of benzene rings is 2. The highest BCUT2D eigenvalue weighted by Gasteiger charge is 2.38. The molecule has 0 aromatic heterocycles. The molecule has 0 saturated carbocycles. The molecule has 2 aromatic carbocycles. The van der Waals surface area contributed by atoms with Gasteiger partial charge in [0, 0.05) is 37.9 Å². The van der Waals surface area contributed by atoms with Gasteiger partial charge in [-0.15, -0.1) is 0 Å². The van der Waals surface area contributed by atoms with Crippen molar-refractivity contribution in [2.75, 3.05) is 25.2 Å². The number of amides is 2. The Morgan fingerprint density at radius 1 is 1.12 bits per heavy atom. The summed E-state index contributed by atoms with van der Waals surface area (Å²) in [6, 6.07) is 16.2. The second-order valence-corrected chi connectivity index (χ2v) is 6.03. The van der Waals surface area contributed by atoms with Crippen molar-refractivity contribution in [2.45, 2.75) is 18.9 Å². The van der Waals surface area contributed by atoms with E-state index in [1.807, 2.05) is 42.5 Å². The van der Waals surface area contributed by atoms with Crippen LogP contribution in [0.1, 0.15) is 22.3 Å². The predicted molar refractivity (Wildman–Crippen MR) is 96.7 cm³/mol. The molecular weight excluding hydrogens is 316 g/mol. The minimum absolute atomic E-state index is 0.128. The maximum atomic E-state index is 13.0. The van der Waals surface area contributed by atoms with Crippen molar-refractivity contribution in [3.8, 4) is 0 Å². The minimum Gasteiger partial charge on any atom is -0.385 e. The molecule has 0 fully saturated rings. The number of anilines is 1. The lowest BCUT2D eigenvalue weighted by atomic mass is 10.1. The second-order valence-electron chi connectivity index (χ2n) is 6.03. The molecule has 2 amide bonds. The van der Waals surface area contributed by atoms with Gasteiger partial charge in [0.05, 0.1) is 0 Å². The molecule has 25 heavy (non-hydrogen) atoms. The van der Waals surface area contributed by atoms with E-state index in [0.29, 0.717) is 25.1 Å². The molecule has 1 aliphatic heterocycles. The first kappa shape index (κ1) is 17.2. The summed E-state index contributed by atoms with van der Waals surface area (Å²) in [6.07, 6.45) is 1.28. The Kier molecular flexibility index (Phi) is 5.46. The van der Waals surface area contributed by atoms with E-state index in [1.54, 1.807) is 24.1 Å². The summed E-state index contributed by atoms with van der Waals surface area (Å²) in [5.74, 6) is -0.279. The molecule has 5 nitrogen and oxygen atoms in total. The molecule has 0 aliphatic carbocycles. The standard InChI is InChI=1S/C20H22N2O3/c1-25-13-7-12-21-19(23)18-14-16-10-5-6-11-17(16)22(18)20(24)15-8-3-2-4-9-15/h2-6,8-11,18H,7,12-14H2,1H3,(H,21,23)/t18-/m0/s1. The summed E-state index contributed by atoms with van der Waals surface area (Å²) in [5, 5.41) is 2.92. The SMILES string of the molecule is COCCCNC(=O)[C@@H]1Cc2ccccc2N1C(=O)c1ccccc1. The van der Waals surface area contributed by atoms with Crippen LogP contribution in [0.25, 0.3) is 0 Å².